The Labute approximate surface area is 166 Å². The average molecular weight is 380 g/mol. The predicted molar refractivity (Wildman–Crippen MR) is 109 cm³/mol. The molecule has 1 aliphatic heterocycles. The Kier molecular flexibility index (Phi) is 4.81. The summed E-state index contributed by atoms with van der Waals surface area (Å²) < 4.78 is 10.7. The first kappa shape index (κ1) is 17.7. The minimum absolute atomic E-state index is 0.290. The maximum Gasteiger partial charge on any atom is 0.129 e. The SMILES string of the molecule is Cn1cc(CN2CCC(Oc3cccc4c3ccn4C3CCCC3)CC2)nn1. The lowest BCUT2D eigenvalue weighted by Crippen LogP contribution is -2.37. The van der Waals surface area contributed by atoms with Gasteiger partial charge in [0, 0.05) is 50.5 Å². The van der Waals surface area contributed by atoms with E-state index in [2.05, 4.69) is 50.2 Å². The van der Waals surface area contributed by atoms with E-state index in [4.69, 9.17) is 4.74 Å². The van der Waals surface area contributed by atoms with Crippen molar-refractivity contribution in [1.29, 1.82) is 0 Å². The van der Waals surface area contributed by atoms with Crippen LogP contribution in [0.15, 0.2) is 36.7 Å². The molecular formula is C22H29N5O. The Morgan fingerprint density at radius 1 is 1.07 bits per heavy atom. The van der Waals surface area contributed by atoms with Gasteiger partial charge in [-0.25, -0.2) is 0 Å². The van der Waals surface area contributed by atoms with E-state index in [1.807, 2.05) is 13.2 Å². The molecule has 0 spiro atoms. The molecule has 6 heteroatoms. The van der Waals surface area contributed by atoms with E-state index < -0.39 is 0 Å². The van der Waals surface area contributed by atoms with Crippen molar-refractivity contribution in [3.8, 4) is 5.75 Å². The number of ether oxygens (including phenoxy) is 1. The Bertz CT molecular complexity index is 931. The highest BCUT2D eigenvalue weighted by Crippen LogP contribution is 2.36. The predicted octanol–water partition coefficient (Wildman–Crippen LogP) is 3.93. The fraction of sp³-hybridized carbons (Fsp3) is 0.545. The Hall–Kier alpha value is -2.34. The number of rotatable bonds is 5. The number of nitrogens with zero attached hydrogens (tertiary/aromatic N) is 5. The molecule has 3 heterocycles. The van der Waals surface area contributed by atoms with Crippen LogP contribution in [0.2, 0.25) is 0 Å². The molecule has 5 rings (SSSR count). The fourth-order valence-corrected chi connectivity index (χ4v) is 4.83. The van der Waals surface area contributed by atoms with Crippen molar-refractivity contribution in [2.45, 2.75) is 57.2 Å². The van der Waals surface area contributed by atoms with Gasteiger partial charge in [0.15, 0.2) is 0 Å². The lowest BCUT2D eigenvalue weighted by molar-refractivity contribution is 0.0973. The summed E-state index contributed by atoms with van der Waals surface area (Å²) in [6.45, 7) is 2.96. The molecular weight excluding hydrogens is 350 g/mol. The zero-order valence-electron chi connectivity index (χ0n) is 16.6. The van der Waals surface area contributed by atoms with Crippen molar-refractivity contribution < 1.29 is 4.74 Å². The van der Waals surface area contributed by atoms with Crippen LogP contribution in [-0.2, 0) is 13.6 Å². The normalized spacial score (nSPS) is 19.6. The smallest absolute Gasteiger partial charge is 0.129 e. The van der Waals surface area contributed by atoms with Crippen LogP contribution in [0.3, 0.4) is 0 Å². The highest BCUT2D eigenvalue weighted by molar-refractivity contribution is 5.86. The Morgan fingerprint density at radius 2 is 1.89 bits per heavy atom. The van der Waals surface area contributed by atoms with Gasteiger partial charge < -0.3 is 9.30 Å². The van der Waals surface area contributed by atoms with Crippen LogP contribution < -0.4 is 4.74 Å². The number of likely N-dealkylation sites (tertiary alicyclic amines) is 1. The van der Waals surface area contributed by atoms with E-state index in [9.17, 15) is 0 Å². The summed E-state index contributed by atoms with van der Waals surface area (Å²) in [6, 6.07) is 9.42. The number of aromatic nitrogens is 4. The summed E-state index contributed by atoms with van der Waals surface area (Å²) in [7, 11) is 1.91. The topological polar surface area (TPSA) is 48.1 Å². The van der Waals surface area contributed by atoms with E-state index in [-0.39, 0.29) is 0 Å². The molecule has 0 radical (unpaired) electrons. The van der Waals surface area contributed by atoms with E-state index in [1.54, 1.807) is 4.68 Å². The Morgan fingerprint density at radius 3 is 2.64 bits per heavy atom. The molecule has 0 bridgehead atoms. The molecule has 2 aliphatic rings. The summed E-state index contributed by atoms with van der Waals surface area (Å²) in [4.78, 5) is 2.45. The largest absolute Gasteiger partial charge is 0.490 e. The van der Waals surface area contributed by atoms with Crippen molar-refractivity contribution in [2.24, 2.45) is 7.05 Å². The minimum atomic E-state index is 0.290. The molecule has 28 heavy (non-hydrogen) atoms. The monoisotopic (exact) mass is 379 g/mol. The number of benzene rings is 1. The van der Waals surface area contributed by atoms with Crippen molar-refractivity contribution in [1.82, 2.24) is 24.5 Å². The molecule has 0 unspecified atom stereocenters. The van der Waals surface area contributed by atoms with Gasteiger partial charge in [0.25, 0.3) is 0 Å². The summed E-state index contributed by atoms with van der Waals surface area (Å²) in [5.74, 6) is 1.04. The summed E-state index contributed by atoms with van der Waals surface area (Å²) in [6.07, 6.45) is 12.0. The van der Waals surface area contributed by atoms with Crippen LogP contribution in [0.4, 0.5) is 0 Å². The second-order valence-corrected chi connectivity index (χ2v) is 8.33. The number of aryl methyl sites for hydroxylation is 1. The highest BCUT2D eigenvalue weighted by atomic mass is 16.5. The van der Waals surface area contributed by atoms with Crippen LogP contribution in [0.5, 0.6) is 5.75 Å². The van der Waals surface area contributed by atoms with Crippen molar-refractivity contribution in [3.05, 3.63) is 42.4 Å². The van der Waals surface area contributed by atoms with E-state index in [0.717, 1.165) is 43.9 Å². The van der Waals surface area contributed by atoms with Crippen molar-refractivity contribution in [2.75, 3.05) is 13.1 Å². The standard InChI is InChI=1S/C22H29N5O/c1-25-15-17(23-24-25)16-26-12-9-19(10-13-26)28-22-8-4-7-21-20(22)11-14-27(21)18-5-2-3-6-18/h4,7-8,11,14-15,18-19H,2-3,5-6,9-10,12-13,16H2,1H3. The third-order valence-corrected chi connectivity index (χ3v) is 6.31. The summed E-state index contributed by atoms with van der Waals surface area (Å²) in [5.41, 5.74) is 2.37. The first-order chi connectivity index (χ1) is 13.8. The second kappa shape index (κ2) is 7.59. The molecule has 1 saturated carbocycles. The van der Waals surface area contributed by atoms with Crippen LogP contribution >= 0.6 is 0 Å². The number of fused-ring (bicyclic) bond motifs is 1. The van der Waals surface area contributed by atoms with Gasteiger partial charge in [-0.2, -0.15) is 0 Å². The van der Waals surface area contributed by atoms with Gasteiger partial charge in [0.05, 0.1) is 11.2 Å². The molecule has 2 fully saturated rings. The van der Waals surface area contributed by atoms with Gasteiger partial charge >= 0.3 is 0 Å². The third-order valence-electron chi connectivity index (χ3n) is 6.31. The number of hydrogen-bond acceptors (Lipinski definition) is 4. The zero-order valence-corrected chi connectivity index (χ0v) is 16.6. The lowest BCUT2D eigenvalue weighted by Gasteiger charge is -2.31. The Balaban J connectivity index is 1.24. The van der Waals surface area contributed by atoms with Gasteiger partial charge in [0.1, 0.15) is 11.9 Å². The number of hydrogen-bond donors (Lipinski definition) is 0. The maximum absolute atomic E-state index is 6.48. The molecule has 0 atom stereocenters. The van der Waals surface area contributed by atoms with Crippen LogP contribution in [0.1, 0.15) is 50.3 Å². The molecule has 0 N–H and O–H groups in total. The third kappa shape index (κ3) is 3.53. The van der Waals surface area contributed by atoms with E-state index in [0.29, 0.717) is 12.1 Å². The lowest BCUT2D eigenvalue weighted by atomic mass is 10.1. The van der Waals surface area contributed by atoms with Crippen LogP contribution in [0.25, 0.3) is 10.9 Å². The fourth-order valence-electron chi connectivity index (χ4n) is 4.83. The van der Waals surface area contributed by atoms with Gasteiger partial charge in [-0.1, -0.05) is 24.1 Å². The van der Waals surface area contributed by atoms with Crippen molar-refractivity contribution >= 4 is 10.9 Å². The maximum atomic E-state index is 6.48. The molecule has 1 saturated heterocycles. The first-order valence-electron chi connectivity index (χ1n) is 10.6. The van der Waals surface area contributed by atoms with Crippen LogP contribution in [-0.4, -0.2) is 43.7 Å². The molecule has 1 aliphatic carbocycles. The molecule has 0 amide bonds. The minimum Gasteiger partial charge on any atom is -0.490 e. The zero-order chi connectivity index (χ0) is 18.9. The van der Waals surface area contributed by atoms with Crippen LogP contribution in [0, 0.1) is 0 Å². The molecule has 148 valence electrons. The van der Waals surface area contributed by atoms with Gasteiger partial charge in [-0.3, -0.25) is 9.58 Å². The van der Waals surface area contributed by atoms with E-state index in [1.165, 1.54) is 36.6 Å². The van der Waals surface area contributed by atoms with Gasteiger partial charge in [-0.15, -0.1) is 5.10 Å². The quantitative estimate of drug-likeness (QED) is 0.674. The van der Waals surface area contributed by atoms with Gasteiger partial charge in [-0.05, 0) is 43.9 Å². The summed E-state index contributed by atoms with van der Waals surface area (Å²) in [5, 5.41) is 9.49. The summed E-state index contributed by atoms with van der Waals surface area (Å²) >= 11 is 0. The molecule has 6 nitrogen and oxygen atoms in total. The van der Waals surface area contributed by atoms with Crippen molar-refractivity contribution in [3.63, 3.8) is 0 Å². The van der Waals surface area contributed by atoms with E-state index >= 15 is 0 Å². The second-order valence-electron chi connectivity index (χ2n) is 8.33. The molecule has 3 aromatic rings. The average Bonchev–Trinajstić information content (AvgIpc) is 3.44. The number of piperidine rings is 1. The van der Waals surface area contributed by atoms with Gasteiger partial charge in [0.2, 0.25) is 0 Å². The molecule has 1 aromatic carbocycles. The molecule has 2 aromatic heterocycles. The highest BCUT2D eigenvalue weighted by Gasteiger charge is 2.23. The first-order valence-corrected chi connectivity index (χ1v) is 10.6.